The van der Waals surface area contributed by atoms with Crippen LogP contribution in [0.25, 0.3) is 0 Å². The van der Waals surface area contributed by atoms with Crippen LogP contribution in [-0.4, -0.2) is 8.76 Å². The number of hydrogen-bond acceptors (Lipinski definition) is 2. The molecule has 1 unspecified atom stereocenters. The topological polar surface area (TPSA) is 63.9 Å². The highest BCUT2D eigenvalue weighted by Gasteiger charge is 1.42. The molecule has 0 aliphatic heterocycles. The van der Waals surface area contributed by atoms with Crippen molar-refractivity contribution in [2.24, 2.45) is 0 Å². The van der Waals surface area contributed by atoms with Gasteiger partial charge < -0.3 is 4.55 Å². The molecule has 0 saturated heterocycles. The van der Waals surface area contributed by atoms with Gasteiger partial charge in [-0.15, -0.1) is 0 Å². The van der Waals surface area contributed by atoms with E-state index in [4.69, 9.17) is 13.9 Å². The van der Waals surface area contributed by atoms with Crippen LogP contribution in [0.3, 0.4) is 0 Å². The summed E-state index contributed by atoms with van der Waals surface area (Å²) in [5.41, 5.74) is 0. The number of nitrogens with one attached hydrogen (secondary N) is 1. The maximum Gasteiger partial charge on any atom is 0.0332 e. The third kappa shape index (κ3) is 484. The van der Waals surface area contributed by atoms with Gasteiger partial charge in [-0.2, -0.15) is 5.14 Å². The van der Waals surface area contributed by atoms with Gasteiger partial charge in [0.2, 0.25) is 0 Å². The molecule has 0 aromatic carbocycles. The molecule has 0 rings (SSSR count). The average Bonchev–Trinajstić information content (AvgIpc) is 0.811. The zero-order valence-corrected chi connectivity index (χ0v) is 2.54. The first-order valence-corrected chi connectivity index (χ1v) is 1.61. The van der Waals surface area contributed by atoms with Crippen LogP contribution in [0.15, 0.2) is 0 Å². The minimum Gasteiger partial charge on any atom is -0.759 e. The predicted molar refractivity (Wildman–Crippen MR) is 12.0 cm³/mol. The highest BCUT2D eigenvalue weighted by Crippen LogP contribution is 1.40. The molecule has 0 fully saturated rings. The summed E-state index contributed by atoms with van der Waals surface area (Å²) >= 11 is -2.61. The first kappa shape index (κ1) is 4.07. The minimum absolute atomic E-state index is 2.61. The largest absolute Gasteiger partial charge is 0.759 e. The zero-order chi connectivity index (χ0) is 3.58. The van der Waals surface area contributed by atoms with Crippen molar-refractivity contribution in [3.63, 3.8) is 0 Å². The molecule has 3 nitrogen and oxygen atoms in total. The van der Waals surface area contributed by atoms with E-state index >= 15 is 0 Å². The summed E-state index contributed by atoms with van der Waals surface area (Å²) in [6.07, 6.45) is 0. The van der Waals surface area contributed by atoms with Crippen molar-refractivity contribution in [2.75, 3.05) is 0 Å². The van der Waals surface area contributed by atoms with Crippen molar-refractivity contribution < 1.29 is 8.76 Å². The minimum atomic E-state index is -2.61. The Morgan fingerprint density at radius 2 is 2.00 bits per heavy atom. The van der Waals surface area contributed by atoms with Crippen LogP contribution in [-0.2, 0) is 11.3 Å². The molecule has 1 atom stereocenters. The van der Waals surface area contributed by atoms with Crippen LogP contribution in [0, 0.1) is 0 Å². The van der Waals surface area contributed by atoms with Crippen LogP contribution in [0.1, 0.15) is 0 Å². The Labute approximate surface area is 26.2 Å². The molecule has 0 amide bonds. The van der Waals surface area contributed by atoms with Gasteiger partial charge in [-0.25, -0.2) is 0 Å². The summed E-state index contributed by atoms with van der Waals surface area (Å²) in [6.45, 7) is 0. The Balaban J connectivity index is 2.80. The van der Waals surface area contributed by atoms with Crippen LogP contribution >= 0.6 is 0 Å². The van der Waals surface area contributed by atoms with Crippen molar-refractivity contribution >= 4 is 11.3 Å². The summed E-state index contributed by atoms with van der Waals surface area (Å²) in [7, 11) is 0. The van der Waals surface area contributed by atoms with Crippen LogP contribution in [0.2, 0.25) is 0 Å². The molecular weight excluding hydrogens is 78.1 g/mol. The molecule has 4 heavy (non-hydrogen) atoms. The van der Waals surface area contributed by atoms with Gasteiger partial charge in [-0.3, -0.25) is 4.21 Å². The van der Waals surface area contributed by atoms with Crippen LogP contribution in [0.4, 0.5) is 0 Å². The second-order valence-corrected chi connectivity index (χ2v) is 0.704. The molecule has 0 aromatic heterocycles. The van der Waals surface area contributed by atoms with Gasteiger partial charge in [-0.1, -0.05) is 0 Å². The Morgan fingerprint density at radius 3 is 2.00 bits per heavy atom. The molecule has 1 N–H and O–H groups in total. The van der Waals surface area contributed by atoms with Crippen molar-refractivity contribution in [3.8, 4) is 0 Å². The first-order valence-electron chi connectivity index (χ1n) is 0.537. The van der Waals surface area contributed by atoms with E-state index in [9.17, 15) is 0 Å². The lowest BCUT2D eigenvalue weighted by molar-refractivity contribution is 0.537. The van der Waals surface area contributed by atoms with E-state index < -0.39 is 11.3 Å². The number of hydrogen-bond donors (Lipinski definition) is 0. The Kier molecular flexibility index (Phi) is 1.42. The van der Waals surface area contributed by atoms with Gasteiger partial charge in [0.25, 0.3) is 0 Å². The van der Waals surface area contributed by atoms with E-state index in [1.807, 2.05) is 0 Å². The number of rotatable bonds is 0. The Morgan fingerprint density at radius 1 is 2.00 bits per heavy atom. The van der Waals surface area contributed by atoms with E-state index in [2.05, 4.69) is 0 Å². The third-order valence-electron chi connectivity index (χ3n) is 0. The molecule has 4 heteroatoms. The Hall–Kier alpha value is 0.0700. The van der Waals surface area contributed by atoms with E-state index in [0.717, 1.165) is 0 Å². The molecule has 0 spiro atoms. The summed E-state index contributed by atoms with van der Waals surface area (Å²) in [6, 6.07) is 0. The summed E-state index contributed by atoms with van der Waals surface area (Å²) in [5.74, 6) is 0. The second-order valence-electron chi connectivity index (χ2n) is 0.235. The van der Waals surface area contributed by atoms with Gasteiger partial charge in [0.1, 0.15) is 0 Å². The molecule has 0 heterocycles. The van der Waals surface area contributed by atoms with Crippen LogP contribution < -0.4 is 5.14 Å². The molecule has 1 radical (unpaired) electrons. The average molecular weight is 79.1 g/mol. The van der Waals surface area contributed by atoms with Gasteiger partial charge >= 0.3 is 0 Å². The predicted octanol–water partition coefficient (Wildman–Crippen LogP) is -0.937. The van der Waals surface area contributed by atoms with Gasteiger partial charge in [0, 0.05) is 11.3 Å². The summed E-state index contributed by atoms with van der Waals surface area (Å²) in [4.78, 5) is 0. The third-order valence-corrected chi connectivity index (χ3v) is 0. The fraction of sp³-hybridized carbons (Fsp3) is 0. The van der Waals surface area contributed by atoms with Crippen molar-refractivity contribution in [3.05, 3.63) is 0 Å². The molecule has 0 aliphatic carbocycles. The Bertz CT molecular complexity index is 29.0. The van der Waals surface area contributed by atoms with E-state index in [1.54, 1.807) is 0 Å². The molecule has 0 bridgehead atoms. The quantitative estimate of drug-likeness (QED) is 0.352. The maximum atomic E-state index is 8.67. The highest BCUT2D eigenvalue weighted by molar-refractivity contribution is 7.76. The van der Waals surface area contributed by atoms with Gasteiger partial charge in [0.05, 0.1) is 0 Å². The molecule has 0 saturated carbocycles. The van der Waals surface area contributed by atoms with E-state index in [1.165, 1.54) is 0 Å². The SMILES string of the molecule is [NH]S(=O)[O-]. The van der Waals surface area contributed by atoms with Crippen molar-refractivity contribution in [2.45, 2.75) is 0 Å². The fourth-order valence-corrected chi connectivity index (χ4v) is 0. The van der Waals surface area contributed by atoms with Gasteiger partial charge in [0.15, 0.2) is 0 Å². The van der Waals surface area contributed by atoms with Gasteiger partial charge in [-0.05, 0) is 0 Å². The molecule has 0 aliphatic rings. The highest BCUT2D eigenvalue weighted by atomic mass is 32.2. The van der Waals surface area contributed by atoms with Crippen molar-refractivity contribution in [1.82, 2.24) is 5.14 Å². The second kappa shape index (κ2) is 1.40. The lowest BCUT2D eigenvalue weighted by Crippen LogP contribution is -1.79. The van der Waals surface area contributed by atoms with E-state index in [0.29, 0.717) is 0 Å². The fourth-order valence-electron chi connectivity index (χ4n) is 0. The van der Waals surface area contributed by atoms with Crippen LogP contribution in [0.5, 0.6) is 0 Å². The summed E-state index contributed by atoms with van der Waals surface area (Å²) in [5, 5.41) is 5.50. The lowest BCUT2D eigenvalue weighted by Gasteiger charge is -1.83. The first-order chi connectivity index (χ1) is 1.73. The molecule has 25 valence electrons. The molecule has 0 aromatic rings. The maximum absolute atomic E-state index is 8.67. The zero-order valence-electron chi connectivity index (χ0n) is 1.72. The standard InChI is InChI=1S/H2NO2S/c1-4(2)3/h1H,(H,2,3)/p-1. The normalized spacial score (nSPS) is 15.5. The monoisotopic (exact) mass is 79.0 g/mol. The smallest absolute Gasteiger partial charge is 0.0332 e. The van der Waals surface area contributed by atoms with E-state index in [-0.39, 0.29) is 0 Å². The lowest BCUT2D eigenvalue weighted by atomic mass is 13.9. The van der Waals surface area contributed by atoms with Crippen molar-refractivity contribution in [1.29, 1.82) is 0 Å². The summed E-state index contributed by atoms with van der Waals surface area (Å²) < 4.78 is 17.3. The molecular formula is HNO2S-.